The maximum atomic E-state index is 5.03. The van der Waals surface area contributed by atoms with Crippen LogP contribution in [0.25, 0.3) is 28.0 Å². The van der Waals surface area contributed by atoms with Crippen LogP contribution in [0.15, 0.2) is 72.9 Å². The summed E-state index contributed by atoms with van der Waals surface area (Å²) in [5.41, 5.74) is 8.28. The Hall–Kier alpha value is -2.95. The molecule has 2 aromatic carbocycles. The third-order valence-electron chi connectivity index (χ3n) is 5.73. The van der Waals surface area contributed by atoms with Crippen molar-refractivity contribution in [2.24, 2.45) is 0 Å². The van der Waals surface area contributed by atoms with Crippen LogP contribution in [-0.4, -0.2) is 40.5 Å². The molecule has 0 saturated carbocycles. The normalized spacial score (nSPS) is 15.1. The van der Waals surface area contributed by atoms with Gasteiger partial charge in [-0.3, -0.25) is 4.90 Å². The highest BCUT2D eigenvalue weighted by molar-refractivity contribution is 5.71. The summed E-state index contributed by atoms with van der Waals surface area (Å²) < 4.78 is 2.26. The summed E-state index contributed by atoms with van der Waals surface area (Å²) in [6, 6.07) is 23.7. The highest BCUT2D eigenvalue weighted by Gasteiger charge is 2.18. The van der Waals surface area contributed by atoms with Crippen molar-refractivity contribution in [2.75, 3.05) is 26.2 Å². The van der Waals surface area contributed by atoms with E-state index < -0.39 is 0 Å². The molecule has 2 aromatic heterocycles. The fourth-order valence-corrected chi connectivity index (χ4v) is 4.11. The lowest BCUT2D eigenvalue weighted by Gasteiger charge is -2.27. The molecule has 29 heavy (non-hydrogen) atoms. The number of aryl methyl sites for hydroxylation is 1. The Morgan fingerprint density at radius 2 is 1.55 bits per heavy atom. The first-order valence-electron chi connectivity index (χ1n) is 10.3. The van der Waals surface area contributed by atoms with Crippen molar-refractivity contribution >= 4 is 5.65 Å². The standard InChI is InChI=1S/C25H26N4/c1-19-11-14-29-23(18-28-15-12-26-13-16-28)25(27-24(29)17-19)22-9-7-21(8-10-22)20-5-3-2-4-6-20/h2-11,14,17,26H,12-13,15-16,18H2,1H3. The van der Waals surface area contributed by atoms with E-state index in [0.29, 0.717) is 0 Å². The molecule has 0 spiro atoms. The smallest absolute Gasteiger partial charge is 0.137 e. The molecule has 5 rings (SSSR count). The molecular formula is C25H26N4. The van der Waals surface area contributed by atoms with E-state index in [4.69, 9.17) is 4.98 Å². The van der Waals surface area contributed by atoms with Crippen LogP contribution in [0.3, 0.4) is 0 Å². The summed E-state index contributed by atoms with van der Waals surface area (Å²) in [5, 5.41) is 3.44. The lowest BCUT2D eigenvalue weighted by Crippen LogP contribution is -2.43. The van der Waals surface area contributed by atoms with E-state index in [1.54, 1.807) is 0 Å². The molecule has 1 aliphatic rings. The number of piperazine rings is 1. The molecule has 0 atom stereocenters. The maximum Gasteiger partial charge on any atom is 0.137 e. The Morgan fingerprint density at radius 3 is 2.31 bits per heavy atom. The predicted octanol–water partition coefficient (Wildman–Crippen LogP) is 4.38. The van der Waals surface area contributed by atoms with Crippen LogP contribution in [0.4, 0.5) is 0 Å². The summed E-state index contributed by atoms with van der Waals surface area (Å²) in [7, 11) is 0. The number of pyridine rings is 1. The van der Waals surface area contributed by atoms with E-state index in [1.807, 2.05) is 0 Å². The maximum absolute atomic E-state index is 5.03. The van der Waals surface area contributed by atoms with Crippen LogP contribution in [0, 0.1) is 6.92 Å². The molecule has 1 aliphatic heterocycles. The second-order valence-corrected chi connectivity index (χ2v) is 7.81. The van der Waals surface area contributed by atoms with E-state index in [2.05, 4.69) is 94.5 Å². The van der Waals surface area contributed by atoms with Gasteiger partial charge in [0.2, 0.25) is 0 Å². The minimum absolute atomic E-state index is 0.918. The van der Waals surface area contributed by atoms with Crippen LogP contribution in [0.2, 0.25) is 0 Å². The van der Waals surface area contributed by atoms with Crippen molar-refractivity contribution in [1.29, 1.82) is 0 Å². The topological polar surface area (TPSA) is 32.6 Å². The van der Waals surface area contributed by atoms with Crippen molar-refractivity contribution in [2.45, 2.75) is 13.5 Å². The van der Waals surface area contributed by atoms with Crippen molar-refractivity contribution in [3.05, 3.63) is 84.2 Å². The van der Waals surface area contributed by atoms with Gasteiger partial charge in [-0.2, -0.15) is 0 Å². The van der Waals surface area contributed by atoms with E-state index in [9.17, 15) is 0 Å². The highest BCUT2D eigenvalue weighted by Crippen LogP contribution is 2.29. The Bertz CT molecular complexity index is 1110. The molecule has 0 aliphatic carbocycles. The molecule has 3 heterocycles. The van der Waals surface area contributed by atoms with E-state index in [1.165, 1.54) is 27.9 Å². The Labute approximate surface area is 171 Å². The zero-order valence-corrected chi connectivity index (χ0v) is 16.8. The van der Waals surface area contributed by atoms with Crippen LogP contribution >= 0.6 is 0 Å². The Kier molecular flexibility index (Phi) is 4.88. The van der Waals surface area contributed by atoms with Gasteiger partial charge in [0.15, 0.2) is 0 Å². The molecule has 4 heteroatoms. The molecular weight excluding hydrogens is 356 g/mol. The molecule has 1 fully saturated rings. The van der Waals surface area contributed by atoms with Crippen molar-refractivity contribution in [3.8, 4) is 22.4 Å². The first-order chi connectivity index (χ1) is 14.3. The van der Waals surface area contributed by atoms with Crippen molar-refractivity contribution in [1.82, 2.24) is 19.6 Å². The molecule has 1 N–H and O–H groups in total. The molecule has 4 nitrogen and oxygen atoms in total. The SMILES string of the molecule is Cc1ccn2c(CN3CCNCC3)c(-c3ccc(-c4ccccc4)cc3)nc2c1. The largest absolute Gasteiger partial charge is 0.314 e. The quantitative estimate of drug-likeness (QED) is 0.568. The minimum Gasteiger partial charge on any atom is -0.314 e. The zero-order chi connectivity index (χ0) is 19.6. The van der Waals surface area contributed by atoms with Gasteiger partial charge in [-0.15, -0.1) is 0 Å². The van der Waals surface area contributed by atoms with Gasteiger partial charge in [0.05, 0.1) is 11.4 Å². The fourth-order valence-electron chi connectivity index (χ4n) is 4.11. The number of nitrogens with zero attached hydrogens (tertiary/aromatic N) is 3. The number of fused-ring (bicyclic) bond motifs is 1. The first-order valence-corrected chi connectivity index (χ1v) is 10.3. The fraction of sp³-hybridized carbons (Fsp3) is 0.240. The minimum atomic E-state index is 0.918. The number of nitrogens with one attached hydrogen (secondary N) is 1. The van der Waals surface area contributed by atoms with Crippen LogP contribution in [0.1, 0.15) is 11.3 Å². The lowest BCUT2D eigenvalue weighted by atomic mass is 10.0. The van der Waals surface area contributed by atoms with Gasteiger partial charge in [0, 0.05) is 44.5 Å². The summed E-state index contributed by atoms with van der Waals surface area (Å²) in [6.45, 7) is 7.30. The van der Waals surface area contributed by atoms with Crippen LogP contribution in [-0.2, 0) is 6.54 Å². The first kappa shape index (κ1) is 18.1. The zero-order valence-electron chi connectivity index (χ0n) is 16.8. The average Bonchev–Trinajstić information content (AvgIpc) is 3.12. The van der Waals surface area contributed by atoms with Gasteiger partial charge < -0.3 is 9.72 Å². The number of hydrogen-bond donors (Lipinski definition) is 1. The molecule has 0 radical (unpaired) electrons. The summed E-state index contributed by atoms with van der Waals surface area (Å²) >= 11 is 0. The third kappa shape index (κ3) is 3.69. The lowest BCUT2D eigenvalue weighted by molar-refractivity contribution is 0.230. The van der Waals surface area contributed by atoms with Gasteiger partial charge in [0.1, 0.15) is 5.65 Å². The Balaban J connectivity index is 1.55. The van der Waals surface area contributed by atoms with Gasteiger partial charge in [-0.1, -0.05) is 54.6 Å². The molecule has 0 amide bonds. The highest BCUT2D eigenvalue weighted by atomic mass is 15.2. The number of imidazole rings is 1. The van der Waals surface area contributed by atoms with Gasteiger partial charge >= 0.3 is 0 Å². The molecule has 4 aromatic rings. The van der Waals surface area contributed by atoms with E-state index >= 15 is 0 Å². The van der Waals surface area contributed by atoms with Crippen LogP contribution in [0.5, 0.6) is 0 Å². The number of hydrogen-bond acceptors (Lipinski definition) is 3. The molecule has 146 valence electrons. The van der Waals surface area contributed by atoms with E-state index in [0.717, 1.165) is 44.1 Å². The molecule has 0 bridgehead atoms. The predicted molar refractivity (Wildman–Crippen MR) is 119 cm³/mol. The van der Waals surface area contributed by atoms with Gasteiger partial charge in [0.25, 0.3) is 0 Å². The van der Waals surface area contributed by atoms with Crippen molar-refractivity contribution < 1.29 is 0 Å². The third-order valence-corrected chi connectivity index (χ3v) is 5.73. The van der Waals surface area contributed by atoms with Crippen molar-refractivity contribution in [3.63, 3.8) is 0 Å². The number of benzene rings is 2. The summed E-state index contributed by atoms with van der Waals surface area (Å²) in [4.78, 5) is 7.55. The number of rotatable bonds is 4. The monoisotopic (exact) mass is 382 g/mol. The summed E-state index contributed by atoms with van der Waals surface area (Å²) in [5.74, 6) is 0. The second kappa shape index (κ2) is 7.82. The van der Waals surface area contributed by atoms with E-state index in [-0.39, 0.29) is 0 Å². The second-order valence-electron chi connectivity index (χ2n) is 7.81. The van der Waals surface area contributed by atoms with Gasteiger partial charge in [-0.25, -0.2) is 4.98 Å². The molecule has 1 saturated heterocycles. The summed E-state index contributed by atoms with van der Waals surface area (Å²) in [6.07, 6.45) is 2.16. The van der Waals surface area contributed by atoms with Crippen LogP contribution < -0.4 is 5.32 Å². The average molecular weight is 383 g/mol. The van der Waals surface area contributed by atoms with Gasteiger partial charge in [-0.05, 0) is 35.7 Å². The molecule has 0 unspecified atom stereocenters. The number of aromatic nitrogens is 2. The Morgan fingerprint density at radius 1 is 0.862 bits per heavy atom.